The van der Waals surface area contributed by atoms with Crippen molar-refractivity contribution < 1.29 is 18.7 Å². The zero-order chi connectivity index (χ0) is 22.5. The highest BCUT2D eigenvalue weighted by atomic mass is 35.5. The van der Waals surface area contributed by atoms with Crippen molar-refractivity contribution in [2.24, 2.45) is 0 Å². The minimum Gasteiger partial charge on any atom is -0.486 e. The fourth-order valence-corrected chi connectivity index (χ4v) is 3.47. The van der Waals surface area contributed by atoms with Crippen molar-refractivity contribution >= 4 is 34.8 Å². The van der Waals surface area contributed by atoms with E-state index in [0.29, 0.717) is 43.7 Å². The quantitative estimate of drug-likeness (QED) is 0.561. The molecular formula is C23H22ClFN4O3. The lowest BCUT2D eigenvalue weighted by atomic mass is 10.1. The molecule has 2 heterocycles. The van der Waals surface area contributed by atoms with Gasteiger partial charge in [-0.15, -0.1) is 0 Å². The summed E-state index contributed by atoms with van der Waals surface area (Å²) < 4.78 is 24.5. The first-order valence-corrected chi connectivity index (χ1v) is 10.5. The predicted octanol–water partition coefficient (Wildman–Crippen LogP) is 4.48. The van der Waals surface area contributed by atoms with Crippen molar-refractivity contribution in [2.75, 3.05) is 43.1 Å². The summed E-state index contributed by atoms with van der Waals surface area (Å²) in [6, 6.07) is 11.8. The number of aromatic nitrogens is 2. The topological polar surface area (TPSA) is 76.6 Å². The van der Waals surface area contributed by atoms with E-state index in [4.69, 9.17) is 26.1 Å². The Kier molecular flexibility index (Phi) is 6.82. The van der Waals surface area contributed by atoms with Crippen LogP contribution in [0.5, 0.6) is 5.75 Å². The van der Waals surface area contributed by atoms with E-state index in [9.17, 15) is 9.18 Å². The summed E-state index contributed by atoms with van der Waals surface area (Å²) in [5.74, 6) is 1.15. The minimum absolute atomic E-state index is 0.0133. The number of anilines is 3. The molecule has 0 unspecified atom stereocenters. The van der Waals surface area contributed by atoms with Crippen LogP contribution in [0.15, 0.2) is 48.7 Å². The maximum Gasteiger partial charge on any atom is 0.229 e. The van der Waals surface area contributed by atoms with Gasteiger partial charge >= 0.3 is 0 Å². The van der Waals surface area contributed by atoms with Gasteiger partial charge in [0.25, 0.3) is 0 Å². The highest BCUT2D eigenvalue weighted by molar-refractivity contribution is 6.31. The van der Waals surface area contributed by atoms with E-state index in [-0.39, 0.29) is 17.4 Å². The van der Waals surface area contributed by atoms with Gasteiger partial charge in [-0.2, -0.15) is 4.98 Å². The third-order valence-corrected chi connectivity index (χ3v) is 5.13. The second kappa shape index (κ2) is 9.93. The zero-order valence-corrected chi connectivity index (χ0v) is 18.2. The molecule has 0 aliphatic carbocycles. The number of morpholine rings is 1. The minimum atomic E-state index is -0.491. The molecule has 9 heteroatoms. The molecule has 0 atom stereocenters. The average Bonchev–Trinajstić information content (AvgIpc) is 2.81. The fourth-order valence-electron chi connectivity index (χ4n) is 3.29. The normalized spacial score (nSPS) is 13.7. The number of hydrogen-bond acceptors (Lipinski definition) is 7. The molecule has 0 radical (unpaired) electrons. The summed E-state index contributed by atoms with van der Waals surface area (Å²) in [6.07, 6.45) is 1.73. The number of Topliss-reactive ketones (excluding diaryl/α,β-unsaturated/α-hetero) is 1. The van der Waals surface area contributed by atoms with Gasteiger partial charge in [-0.05, 0) is 42.8 Å². The van der Waals surface area contributed by atoms with Crippen molar-refractivity contribution in [3.05, 3.63) is 59.5 Å². The van der Waals surface area contributed by atoms with Gasteiger partial charge in [-0.1, -0.05) is 23.7 Å². The average molecular weight is 457 g/mol. The molecule has 1 aromatic heterocycles. The van der Waals surface area contributed by atoms with Gasteiger partial charge in [0.1, 0.15) is 24.0 Å². The monoisotopic (exact) mass is 456 g/mol. The van der Waals surface area contributed by atoms with Gasteiger partial charge in [-0.3, -0.25) is 4.79 Å². The first-order valence-electron chi connectivity index (χ1n) is 10.1. The fraction of sp³-hybridized carbons (Fsp3) is 0.261. The molecule has 166 valence electrons. The summed E-state index contributed by atoms with van der Waals surface area (Å²) in [4.78, 5) is 22.6. The van der Waals surface area contributed by atoms with Crippen LogP contribution in [0, 0.1) is 5.82 Å². The molecule has 0 saturated carbocycles. The number of halogens is 2. The Morgan fingerprint density at radius 3 is 2.81 bits per heavy atom. The lowest BCUT2D eigenvalue weighted by Crippen LogP contribution is -2.37. The molecule has 3 aromatic rings. The van der Waals surface area contributed by atoms with Crippen LogP contribution in [0.2, 0.25) is 5.02 Å². The van der Waals surface area contributed by atoms with Gasteiger partial charge in [0, 0.05) is 30.5 Å². The van der Waals surface area contributed by atoms with Gasteiger partial charge in [0.15, 0.2) is 5.78 Å². The van der Waals surface area contributed by atoms with E-state index in [1.54, 1.807) is 18.3 Å². The maximum absolute atomic E-state index is 13.5. The molecule has 0 spiro atoms. The lowest BCUT2D eigenvalue weighted by Gasteiger charge is -2.29. The Morgan fingerprint density at radius 2 is 2.06 bits per heavy atom. The molecule has 1 saturated heterocycles. The Labute approximate surface area is 190 Å². The molecule has 1 fully saturated rings. The Balaban J connectivity index is 1.68. The van der Waals surface area contributed by atoms with Gasteiger partial charge in [-0.25, -0.2) is 9.37 Å². The van der Waals surface area contributed by atoms with Crippen LogP contribution in [0.25, 0.3) is 11.1 Å². The van der Waals surface area contributed by atoms with E-state index < -0.39 is 5.82 Å². The molecule has 2 aromatic carbocycles. The van der Waals surface area contributed by atoms with Crippen LogP contribution in [0.4, 0.5) is 21.8 Å². The van der Waals surface area contributed by atoms with Crippen LogP contribution in [0.3, 0.4) is 0 Å². The molecule has 1 N–H and O–H groups in total. The molecular weight excluding hydrogens is 435 g/mol. The Hall–Kier alpha value is -3.23. The van der Waals surface area contributed by atoms with Crippen molar-refractivity contribution in [2.45, 2.75) is 6.92 Å². The van der Waals surface area contributed by atoms with Crippen molar-refractivity contribution in [3.8, 4) is 16.9 Å². The van der Waals surface area contributed by atoms with Gasteiger partial charge < -0.3 is 19.7 Å². The summed E-state index contributed by atoms with van der Waals surface area (Å²) >= 11 is 5.89. The molecule has 1 aliphatic heterocycles. The van der Waals surface area contributed by atoms with E-state index in [2.05, 4.69) is 15.2 Å². The number of ether oxygens (including phenoxy) is 2. The van der Waals surface area contributed by atoms with Crippen molar-refractivity contribution in [3.63, 3.8) is 0 Å². The summed E-state index contributed by atoms with van der Waals surface area (Å²) in [5, 5.41) is 3.10. The second-order valence-corrected chi connectivity index (χ2v) is 7.71. The first-order chi connectivity index (χ1) is 15.5. The molecule has 4 rings (SSSR count). The molecule has 32 heavy (non-hydrogen) atoms. The van der Waals surface area contributed by atoms with E-state index in [1.807, 2.05) is 18.2 Å². The largest absolute Gasteiger partial charge is 0.486 e. The smallest absolute Gasteiger partial charge is 0.229 e. The number of nitrogens with zero attached hydrogens (tertiary/aromatic N) is 3. The SMILES string of the molecule is CC(=O)COc1cccc(-c2cnc(Nc3ccc(F)c(Cl)c3)nc2N2CCOCC2)c1. The maximum atomic E-state index is 13.5. The predicted molar refractivity (Wildman–Crippen MR) is 121 cm³/mol. The van der Waals surface area contributed by atoms with Gasteiger partial charge in [0.05, 0.1) is 18.2 Å². The van der Waals surface area contributed by atoms with Crippen LogP contribution in [-0.4, -0.2) is 48.7 Å². The van der Waals surface area contributed by atoms with Crippen LogP contribution in [-0.2, 0) is 9.53 Å². The third kappa shape index (κ3) is 5.33. The number of hydrogen-bond donors (Lipinski definition) is 1. The van der Waals surface area contributed by atoms with Crippen LogP contribution >= 0.6 is 11.6 Å². The number of carbonyl (C=O) groups is 1. The number of nitrogens with one attached hydrogen (secondary N) is 1. The molecule has 1 aliphatic rings. The number of ketones is 1. The van der Waals surface area contributed by atoms with E-state index >= 15 is 0 Å². The Bertz CT molecular complexity index is 1120. The summed E-state index contributed by atoms with van der Waals surface area (Å²) in [7, 11) is 0. The highest BCUT2D eigenvalue weighted by Crippen LogP contribution is 2.33. The first kappa shape index (κ1) is 22.0. The third-order valence-electron chi connectivity index (χ3n) is 4.84. The van der Waals surface area contributed by atoms with Crippen LogP contribution in [0.1, 0.15) is 6.92 Å². The highest BCUT2D eigenvalue weighted by Gasteiger charge is 2.19. The zero-order valence-electron chi connectivity index (χ0n) is 17.5. The lowest BCUT2D eigenvalue weighted by molar-refractivity contribution is -0.118. The molecule has 0 bridgehead atoms. The van der Waals surface area contributed by atoms with Crippen LogP contribution < -0.4 is 15.0 Å². The van der Waals surface area contributed by atoms with E-state index in [0.717, 1.165) is 16.9 Å². The molecule has 7 nitrogen and oxygen atoms in total. The number of carbonyl (C=O) groups excluding carboxylic acids is 1. The molecule has 0 amide bonds. The van der Waals surface area contributed by atoms with Gasteiger partial charge in [0.2, 0.25) is 5.95 Å². The number of rotatable bonds is 7. The standard InChI is InChI=1S/C23H22ClFN4O3/c1-15(30)14-32-18-4-2-3-16(11-18)19-13-26-23(27-17-5-6-21(25)20(24)12-17)28-22(19)29-7-9-31-10-8-29/h2-6,11-13H,7-10,14H2,1H3,(H,26,27,28). The van der Waals surface area contributed by atoms with E-state index in [1.165, 1.54) is 19.1 Å². The second-order valence-electron chi connectivity index (χ2n) is 7.30. The summed E-state index contributed by atoms with van der Waals surface area (Å²) in [6.45, 7) is 4.06. The summed E-state index contributed by atoms with van der Waals surface area (Å²) in [5.41, 5.74) is 2.27. The van der Waals surface area contributed by atoms with Crippen molar-refractivity contribution in [1.29, 1.82) is 0 Å². The van der Waals surface area contributed by atoms with Crippen molar-refractivity contribution in [1.82, 2.24) is 9.97 Å². The number of benzene rings is 2. The Morgan fingerprint density at radius 1 is 1.25 bits per heavy atom.